The van der Waals surface area contributed by atoms with Crippen molar-refractivity contribution in [3.63, 3.8) is 0 Å². The molecule has 0 bridgehead atoms. The fourth-order valence-corrected chi connectivity index (χ4v) is 9.75. The lowest BCUT2D eigenvalue weighted by molar-refractivity contribution is 0.721. The van der Waals surface area contributed by atoms with Crippen LogP contribution in [0.25, 0.3) is 94.9 Å². The monoisotopic (exact) mass is 807 g/mol. The minimum atomic E-state index is 0.292. The maximum atomic E-state index is 5.07. The molecule has 8 aromatic carbocycles. The summed E-state index contributed by atoms with van der Waals surface area (Å²) in [5, 5.41) is 3.75. The van der Waals surface area contributed by atoms with E-state index in [4.69, 9.17) is 15.0 Å². The molecule has 0 spiro atoms. The molecule has 11 aromatic rings. The number of para-hydroxylation sites is 3. The van der Waals surface area contributed by atoms with Crippen molar-refractivity contribution in [2.45, 2.75) is 19.3 Å². The molecule has 3 heterocycles. The molecule has 0 radical (unpaired) electrons. The molecule has 0 saturated carbocycles. The van der Waals surface area contributed by atoms with Gasteiger partial charge in [-0.05, 0) is 77.2 Å². The van der Waals surface area contributed by atoms with Gasteiger partial charge < -0.3 is 9.13 Å². The van der Waals surface area contributed by atoms with E-state index in [-0.39, 0.29) is 0 Å². The zero-order chi connectivity index (χ0) is 41.9. The Morgan fingerprint density at radius 2 is 0.921 bits per heavy atom. The van der Waals surface area contributed by atoms with Gasteiger partial charge in [-0.15, -0.1) is 0 Å². The molecule has 12 rings (SSSR count). The Kier molecular flexibility index (Phi) is 8.78. The molecule has 1 atom stereocenters. The van der Waals surface area contributed by atoms with Crippen molar-refractivity contribution in [3.8, 4) is 56.7 Å². The Hall–Kier alpha value is -8.15. The lowest BCUT2D eigenvalue weighted by Crippen LogP contribution is -2.10. The Morgan fingerprint density at radius 1 is 0.413 bits per heavy atom. The molecule has 298 valence electrons. The van der Waals surface area contributed by atoms with Crippen LogP contribution in [-0.4, -0.2) is 24.1 Å². The number of rotatable bonds is 7. The van der Waals surface area contributed by atoms with Crippen LogP contribution >= 0.6 is 0 Å². The highest BCUT2D eigenvalue weighted by atomic mass is 15.0. The summed E-state index contributed by atoms with van der Waals surface area (Å²) in [6.45, 7) is 2.36. The number of benzene rings is 8. The predicted octanol–water partition coefficient (Wildman–Crippen LogP) is 14.5. The summed E-state index contributed by atoms with van der Waals surface area (Å²) in [4.78, 5) is 15.1. The molecule has 0 fully saturated rings. The molecule has 1 aliphatic carbocycles. The summed E-state index contributed by atoms with van der Waals surface area (Å²) < 4.78 is 4.91. The van der Waals surface area contributed by atoms with Gasteiger partial charge in [-0.25, -0.2) is 15.0 Å². The summed E-state index contributed by atoms with van der Waals surface area (Å²) in [6.07, 6.45) is 3.35. The molecule has 5 nitrogen and oxygen atoms in total. The topological polar surface area (TPSA) is 48.5 Å². The number of hydrogen-bond acceptors (Lipinski definition) is 3. The molecule has 3 aromatic heterocycles. The van der Waals surface area contributed by atoms with E-state index in [0.717, 1.165) is 40.0 Å². The number of nitrogens with zero attached hydrogens (tertiary/aromatic N) is 5. The van der Waals surface area contributed by atoms with Crippen LogP contribution in [0.3, 0.4) is 0 Å². The van der Waals surface area contributed by atoms with Gasteiger partial charge in [0.2, 0.25) is 0 Å². The van der Waals surface area contributed by atoms with Crippen molar-refractivity contribution in [1.82, 2.24) is 24.1 Å². The largest absolute Gasteiger partial charge is 0.313 e. The maximum absolute atomic E-state index is 5.07. The maximum Gasteiger partial charge on any atom is 0.164 e. The zero-order valence-electron chi connectivity index (χ0n) is 34.7. The van der Waals surface area contributed by atoms with Crippen LogP contribution in [0.5, 0.6) is 0 Å². The van der Waals surface area contributed by atoms with Gasteiger partial charge in [-0.1, -0.05) is 171 Å². The molecule has 5 heteroatoms. The standard InChI is InChI=1S/C58H41N5/c1-38-34-35-47(41-22-15-24-43(36-41)58-60-56(39-18-5-2-6-19-39)59-57(61-58)40-20-7-3-8-21-40)54-49-29-12-14-32-51(49)63(55(38)54)45-27-16-23-42(37-45)46-30-17-33-52-53(46)48-28-11-13-31-50(48)62(52)44-25-9-4-10-26-44/h2-33,35-38H,34H2,1H3. The molecule has 1 unspecified atom stereocenters. The minimum absolute atomic E-state index is 0.292. The average Bonchev–Trinajstić information content (AvgIpc) is 3.89. The summed E-state index contributed by atoms with van der Waals surface area (Å²) in [5.41, 5.74) is 16.2. The van der Waals surface area contributed by atoms with Crippen molar-refractivity contribution in [1.29, 1.82) is 0 Å². The fraction of sp³-hybridized carbons (Fsp3) is 0.0517. The zero-order valence-corrected chi connectivity index (χ0v) is 34.7. The van der Waals surface area contributed by atoms with Gasteiger partial charge in [0.25, 0.3) is 0 Å². The lowest BCUT2D eigenvalue weighted by atomic mass is 9.84. The van der Waals surface area contributed by atoms with E-state index >= 15 is 0 Å². The highest BCUT2D eigenvalue weighted by Crippen LogP contribution is 2.46. The second kappa shape index (κ2) is 15.1. The highest BCUT2D eigenvalue weighted by molar-refractivity contribution is 6.16. The molecule has 0 amide bonds. The fourth-order valence-electron chi connectivity index (χ4n) is 9.75. The number of aromatic nitrogens is 5. The second-order valence-corrected chi connectivity index (χ2v) is 16.4. The van der Waals surface area contributed by atoms with E-state index < -0.39 is 0 Å². The number of allylic oxidation sites excluding steroid dienone is 1. The normalized spacial score (nSPS) is 13.7. The smallest absolute Gasteiger partial charge is 0.164 e. The molecule has 63 heavy (non-hydrogen) atoms. The molecule has 0 aliphatic heterocycles. The summed E-state index contributed by atoms with van der Waals surface area (Å²) in [7, 11) is 0. The first kappa shape index (κ1) is 36.7. The quantitative estimate of drug-likeness (QED) is 0.161. The van der Waals surface area contributed by atoms with Crippen LogP contribution < -0.4 is 0 Å². The molecule has 0 N–H and O–H groups in total. The van der Waals surface area contributed by atoms with Gasteiger partial charge in [0.05, 0.1) is 16.6 Å². The minimum Gasteiger partial charge on any atom is -0.313 e. The number of fused-ring (bicyclic) bond motifs is 6. The second-order valence-electron chi connectivity index (χ2n) is 16.4. The predicted molar refractivity (Wildman–Crippen MR) is 259 cm³/mol. The van der Waals surface area contributed by atoms with Crippen molar-refractivity contribution in [2.75, 3.05) is 0 Å². The van der Waals surface area contributed by atoms with Crippen LogP contribution in [-0.2, 0) is 0 Å². The van der Waals surface area contributed by atoms with E-state index in [0.29, 0.717) is 23.4 Å². The van der Waals surface area contributed by atoms with Crippen molar-refractivity contribution < 1.29 is 0 Å². The summed E-state index contributed by atoms with van der Waals surface area (Å²) in [6, 6.07) is 73.3. The van der Waals surface area contributed by atoms with Gasteiger partial charge in [0.15, 0.2) is 17.5 Å². The summed E-state index contributed by atoms with van der Waals surface area (Å²) >= 11 is 0. The van der Waals surface area contributed by atoms with E-state index in [1.54, 1.807) is 0 Å². The van der Waals surface area contributed by atoms with Crippen LogP contribution in [0.15, 0.2) is 212 Å². The van der Waals surface area contributed by atoms with E-state index in [9.17, 15) is 0 Å². The first-order valence-corrected chi connectivity index (χ1v) is 21.7. The molecule has 1 aliphatic rings. The first-order chi connectivity index (χ1) is 31.2. The third-order valence-electron chi connectivity index (χ3n) is 12.6. The van der Waals surface area contributed by atoms with Crippen molar-refractivity contribution in [2.24, 2.45) is 0 Å². The van der Waals surface area contributed by atoms with Crippen molar-refractivity contribution >= 4 is 38.3 Å². The van der Waals surface area contributed by atoms with E-state index in [2.05, 4.69) is 192 Å². The van der Waals surface area contributed by atoms with Crippen molar-refractivity contribution in [3.05, 3.63) is 229 Å². The van der Waals surface area contributed by atoms with Gasteiger partial charge in [0, 0.05) is 61.4 Å². The lowest BCUT2D eigenvalue weighted by Gasteiger charge is -2.24. The Bertz CT molecular complexity index is 3490. The van der Waals surface area contributed by atoms with Gasteiger partial charge in [0.1, 0.15) is 0 Å². The molecular formula is C58H41N5. The summed E-state index contributed by atoms with van der Waals surface area (Å²) in [5.74, 6) is 2.25. The van der Waals surface area contributed by atoms with E-state index in [1.165, 1.54) is 60.7 Å². The number of hydrogen-bond donors (Lipinski definition) is 0. The Morgan fingerprint density at radius 3 is 1.63 bits per heavy atom. The van der Waals surface area contributed by atoms with Crippen LogP contribution in [0.4, 0.5) is 0 Å². The average molecular weight is 808 g/mol. The van der Waals surface area contributed by atoms with Crippen LogP contribution in [0.1, 0.15) is 36.1 Å². The molecule has 0 saturated heterocycles. The van der Waals surface area contributed by atoms with Gasteiger partial charge >= 0.3 is 0 Å². The highest BCUT2D eigenvalue weighted by Gasteiger charge is 2.29. The third kappa shape index (κ3) is 6.20. The van der Waals surface area contributed by atoms with E-state index in [1.807, 2.05) is 36.4 Å². The molecular weight excluding hydrogens is 767 g/mol. The van der Waals surface area contributed by atoms with Crippen LogP contribution in [0.2, 0.25) is 0 Å². The first-order valence-electron chi connectivity index (χ1n) is 21.7. The Labute approximate surface area is 366 Å². The van der Waals surface area contributed by atoms with Gasteiger partial charge in [-0.2, -0.15) is 0 Å². The third-order valence-corrected chi connectivity index (χ3v) is 12.6. The SMILES string of the molecule is CC1CC=C(c2cccc(-c3nc(-c4ccccc4)nc(-c4ccccc4)n3)c2)c2c1n(-c1cccc(-c3cccc4c3c3ccccc3n4-c3ccccc3)c1)c1ccccc21. The van der Waals surface area contributed by atoms with Gasteiger partial charge in [-0.3, -0.25) is 0 Å². The van der Waals surface area contributed by atoms with Crippen LogP contribution in [0, 0.1) is 0 Å². The Balaban J connectivity index is 0.997.